The van der Waals surface area contributed by atoms with Crippen LogP contribution in [0, 0.1) is 12.8 Å². The lowest BCUT2D eigenvalue weighted by Crippen LogP contribution is -2.26. The molecule has 1 saturated carbocycles. The van der Waals surface area contributed by atoms with Crippen molar-refractivity contribution in [2.75, 3.05) is 13.6 Å². The highest BCUT2D eigenvalue weighted by atomic mass is 16.4. The third-order valence-corrected chi connectivity index (χ3v) is 3.92. The Balaban J connectivity index is 1.89. The second-order valence-electron chi connectivity index (χ2n) is 5.69. The molecule has 1 N–H and O–H groups in total. The minimum Gasteiger partial charge on any atom is -0.478 e. The van der Waals surface area contributed by atoms with Gasteiger partial charge < -0.3 is 9.52 Å². The van der Waals surface area contributed by atoms with E-state index in [9.17, 15) is 4.79 Å². The second kappa shape index (κ2) is 6.24. The van der Waals surface area contributed by atoms with Crippen LogP contribution < -0.4 is 0 Å². The molecule has 0 aromatic carbocycles. The van der Waals surface area contributed by atoms with Crippen molar-refractivity contribution in [3.05, 3.63) is 23.2 Å². The molecule has 1 heterocycles. The first-order valence-electron chi connectivity index (χ1n) is 7.07. The van der Waals surface area contributed by atoms with E-state index >= 15 is 0 Å². The van der Waals surface area contributed by atoms with Crippen molar-refractivity contribution in [2.45, 2.75) is 45.6 Å². The highest BCUT2D eigenvalue weighted by Gasteiger charge is 2.18. The van der Waals surface area contributed by atoms with Crippen LogP contribution in [0.3, 0.4) is 0 Å². The van der Waals surface area contributed by atoms with Crippen molar-refractivity contribution >= 4 is 5.97 Å². The van der Waals surface area contributed by atoms with Gasteiger partial charge in [0.15, 0.2) is 0 Å². The van der Waals surface area contributed by atoms with Gasteiger partial charge in [0, 0.05) is 6.54 Å². The third kappa shape index (κ3) is 3.83. The van der Waals surface area contributed by atoms with Crippen molar-refractivity contribution in [2.24, 2.45) is 5.92 Å². The van der Waals surface area contributed by atoms with Crippen LogP contribution in [0.15, 0.2) is 10.5 Å². The van der Waals surface area contributed by atoms with Gasteiger partial charge in [0.1, 0.15) is 17.1 Å². The van der Waals surface area contributed by atoms with Gasteiger partial charge in [-0.05, 0) is 38.8 Å². The summed E-state index contributed by atoms with van der Waals surface area (Å²) in [5.41, 5.74) is 0.279. The Hall–Kier alpha value is -1.29. The first-order valence-corrected chi connectivity index (χ1v) is 7.07. The molecule has 0 aliphatic heterocycles. The van der Waals surface area contributed by atoms with Crippen molar-refractivity contribution < 1.29 is 14.3 Å². The molecule has 1 aromatic heterocycles. The molecule has 0 unspecified atom stereocenters. The fourth-order valence-electron chi connectivity index (χ4n) is 2.98. The summed E-state index contributed by atoms with van der Waals surface area (Å²) in [6.45, 7) is 3.46. The van der Waals surface area contributed by atoms with Gasteiger partial charge in [-0.3, -0.25) is 4.90 Å². The van der Waals surface area contributed by atoms with E-state index in [-0.39, 0.29) is 5.56 Å². The first-order chi connectivity index (χ1) is 9.06. The second-order valence-corrected chi connectivity index (χ2v) is 5.69. The molecule has 0 radical (unpaired) electrons. The Morgan fingerprint density at radius 1 is 1.42 bits per heavy atom. The molecule has 0 bridgehead atoms. The summed E-state index contributed by atoms with van der Waals surface area (Å²) in [6.07, 6.45) is 6.71. The summed E-state index contributed by atoms with van der Waals surface area (Å²) in [5, 5.41) is 9.00. The van der Waals surface area contributed by atoms with Crippen LogP contribution >= 0.6 is 0 Å². The van der Waals surface area contributed by atoms with Crippen LogP contribution in [0.2, 0.25) is 0 Å². The van der Waals surface area contributed by atoms with Gasteiger partial charge in [0.2, 0.25) is 0 Å². The number of hydrogen-bond donors (Lipinski definition) is 1. The summed E-state index contributed by atoms with van der Waals surface area (Å²) < 4.78 is 5.51. The summed E-state index contributed by atoms with van der Waals surface area (Å²) in [4.78, 5) is 13.2. The van der Waals surface area contributed by atoms with Crippen molar-refractivity contribution in [1.82, 2.24) is 4.90 Å². The molecule has 1 fully saturated rings. The van der Waals surface area contributed by atoms with Crippen LogP contribution in [-0.2, 0) is 6.54 Å². The molecule has 0 saturated heterocycles. The number of nitrogens with zero attached hydrogens (tertiary/aromatic N) is 1. The Kier molecular flexibility index (Phi) is 4.64. The van der Waals surface area contributed by atoms with Gasteiger partial charge in [-0.15, -0.1) is 0 Å². The fourth-order valence-corrected chi connectivity index (χ4v) is 2.98. The van der Waals surface area contributed by atoms with E-state index in [4.69, 9.17) is 9.52 Å². The average molecular weight is 265 g/mol. The summed E-state index contributed by atoms with van der Waals surface area (Å²) >= 11 is 0. The zero-order valence-electron chi connectivity index (χ0n) is 11.8. The Morgan fingerprint density at radius 2 is 2.11 bits per heavy atom. The lowest BCUT2D eigenvalue weighted by Gasteiger charge is -2.26. The van der Waals surface area contributed by atoms with Gasteiger partial charge in [-0.1, -0.05) is 19.3 Å². The number of carboxylic acids is 1. The van der Waals surface area contributed by atoms with Crippen molar-refractivity contribution in [3.63, 3.8) is 0 Å². The molecule has 1 aliphatic rings. The highest BCUT2D eigenvalue weighted by Crippen LogP contribution is 2.25. The molecule has 1 aliphatic carbocycles. The Bertz CT molecular complexity index is 433. The molecule has 1 aromatic rings. The van der Waals surface area contributed by atoms with E-state index < -0.39 is 5.97 Å². The molecule has 4 heteroatoms. The van der Waals surface area contributed by atoms with E-state index in [2.05, 4.69) is 11.9 Å². The molecule has 0 atom stereocenters. The van der Waals surface area contributed by atoms with E-state index in [0.717, 1.165) is 18.2 Å². The smallest absolute Gasteiger partial charge is 0.339 e. The maximum Gasteiger partial charge on any atom is 0.339 e. The van der Waals surface area contributed by atoms with Crippen LogP contribution in [0.1, 0.15) is 54.0 Å². The van der Waals surface area contributed by atoms with Crippen molar-refractivity contribution in [1.29, 1.82) is 0 Å². The van der Waals surface area contributed by atoms with Gasteiger partial charge >= 0.3 is 5.97 Å². The lowest BCUT2D eigenvalue weighted by molar-refractivity contribution is 0.0695. The van der Waals surface area contributed by atoms with Crippen LogP contribution in [0.5, 0.6) is 0 Å². The van der Waals surface area contributed by atoms with Crippen molar-refractivity contribution in [3.8, 4) is 0 Å². The monoisotopic (exact) mass is 265 g/mol. The molecular weight excluding hydrogens is 242 g/mol. The van der Waals surface area contributed by atoms with Gasteiger partial charge in [0.05, 0.1) is 6.54 Å². The summed E-state index contributed by atoms with van der Waals surface area (Å²) in [5.74, 6) is 1.11. The van der Waals surface area contributed by atoms with E-state index in [1.807, 2.05) is 0 Å². The largest absolute Gasteiger partial charge is 0.478 e. The molecule has 0 amide bonds. The first kappa shape index (κ1) is 14.1. The lowest BCUT2D eigenvalue weighted by atomic mass is 9.89. The predicted octanol–water partition coefficient (Wildman–Crippen LogP) is 3.30. The summed E-state index contributed by atoms with van der Waals surface area (Å²) in [7, 11) is 2.08. The van der Waals surface area contributed by atoms with Crippen LogP contribution in [0.25, 0.3) is 0 Å². The minimum atomic E-state index is -0.914. The topological polar surface area (TPSA) is 53.7 Å². The molecule has 19 heavy (non-hydrogen) atoms. The normalized spacial score (nSPS) is 17.0. The number of aromatic carboxylic acids is 1. The number of rotatable bonds is 5. The van der Waals surface area contributed by atoms with Crippen LogP contribution in [0.4, 0.5) is 0 Å². The van der Waals surface area contributed by atoms with E-state index in [0.29, 0.717) is 12.3 Å². The number of aryl methyl sites for hydroxylation is 1. The molecule has 0 spiro atoms. The SMILES string of the molecule is Cc1oc(CN(C)CC2CCCCC2)cc1C(=O)O. The highest BCUT2D eigenvalue weighted by molar-refractivity contribution is 5.88. The zero-order chi connectivity index (χ0) is 13.8. The number of furan rings is 1. The molecule has 2 rings (SSSR count). The maximum atomic E-state index is 11.0. The molecule has 4 nitrogen and oxygen atoms in total. The minimum absolute atomic E-state index is 0.279. The zero-order valence-corrected chi connectivity index (χ0v) is 11.8. The predicted molar refractivity (Wildman–Crippen MR) is 73.3 cm³/mol. The molecular formula is C15H23NO3. The summed E-state index contributed by atoms with van der Waals surface area (Å²) in [6, 6.07) is 1.65. The number of hydrogen-bond acceptors (Lipinski definition) is 3. The maximum absolute atomic E-state index is 11.0. The molecule has 106 valence electrons. The quantitative estimate of drug-likeness (QED) is 0.887. The number of carboxylic acid groups (broad SMARTS) is 1. The fraction of sp³-hybridized carbons (Fsp3) is 0.667. The average Bonchev–Trinajstić information content (AvgIpc) is 2.71. The standard InChI is InChI=1S/C15H23NO3/c1-11-14(15(17)18)8-13(19-11)10-16(2)9-12-6-4-3-5-7-12/h8,12H,3-7,9-10H2,1-2H3,(H,17,18). The Labute approximate surface area is 114 Å². The van der Waals surface area contributed by atoms with E-state index in [1.54, 1.807) is 13.0 Å². The van der Waals surface area contributed by atoms with E-state index in [1.165, 1.54) is 32.1 Å². The number of carbonyl (C=O) groups is 1. The van der Waals surface area contributed by atoms with Gasteiger partial charge in [-0.2, -0.15) is 0 Å². The third-order valence-electron chi connectivity index (χ3n) is 3.92. The van der Waals surface area contributed by atoms with Gasteiger partial charge in [0.25, 0.3) is 0 Å². The van der Waals surface area contributed by atoms with Gasteiger partial charge in [-0.25, -0.2) is 4.79 Å². The Morgan fingerprint density at radius 3 is 2.68 bits per heavy atom. The van der Waals surface area contributed by atoms with Crippen LogP contribution in [-0.4, -0.2) is 29.6 Å².